The van der Waals surface area contributed by atoms with Crippen molar-refractivity contribution in [2.45, 2.75) is 25.7 Å². The average molecular weight is 300 g/mol. The number of phenols is 1. The van der Waals surface area contributed by atoms with Crippen molar-refractivity contribution in [3.8, 4) is 5.75 Å². The molecule has 0 bridgehead atoms. The van der Waals surface area contributed by atoms with Crippen molar-refractivity contribution in [3.05, 3.63) is 24.3 Å². The zero-order valence-corrected chi connectivity index (χ0v) is 11.6. The number of aromatic hydroxyl groups is 1. The van der Waals surface area contributed by atoms with Crippen molar-refractivity contribution in [1.82, 2.24) is 0 Å². The maximum atomic E-state index is 11.8. The Bertz CT molecular complexity index is 351. The molecule has 17 heavy (non-hydrogen) atoms. The first kappa shape index (κ1) is 14.0. The van der Waals surface area contributed by atoms with E-state index in [-0.39, 0.29) is 11.7 Å². The molecule has 0 fully saturated rings. The zero-order chi connectivity index (χ0) is 12.7. The average Bonchev–Trinajstić information content (AvgIpc) is 2.34. The number of hydrogen-bond acceptors (Lipinski definition) is 2. The quantitative estimate of drug-likeness (QED) is 0.647. The van der Waals surface area contributed by atoms with E-state index in [1.165, 1.54) is 0 Å². The van der Waals surface area contributed by atoms with Gasteiger partial charge in [0, 0.05) is 24.5 Å². The summed E-state index contributed by atoms with van der Waals surface area (Å²) < 4.78 is 0. The SMILES string of the molecule is CN(C(=O)CCCCCBr)c1ccc(O)cc1. The third-order valence-electron chi connectivity index (χ3n) is 2.64. The van der Waals surface area contributed by atoms with Crippen molar-refractivity contribution >= 4 is 27.5 Å². The van der Waals surface area contributed by atoms with Crippen LogP contribution < -0.4 is 4.90 Å². The van der Waals surface area contributed by atoms with Gasteiger partial charge in [-0.15, -0.1) is 0 Å². The monoisotopic (exact) mass is 299 g/mol. The molecule has 94 valence electrons. The van der Waals surface area contributed by atoms with Crippen LogP contribution >= 0.6 is 15.9 Å². The molecule has 0 saturated heterocycles. The summed E-state index contributed by atoms with van der Waals surface area (Å²) >= 11 is 3.37. The Morgan fingerprint density at radius 2 is 1.88 bits per heavy atom. The summed E-state index contributed by atoms with van der Waals surface area (Å²) in [5.74, 6) is 0.331. The van der Waals surface area contributed by atoms with Gasteiger partial charge < -0.3 is 10.0 Å². The van der Waals surface area contributed by atoms with Crippen LogP contribution in [0.2, 0.25) is 0 Å². The van der Waals surface area contributed by atoms with Crippen molar-refractivity contribution in [3.63, 3.8) is 0 Å². The fraction of sp³-hybridized carbons (Fsp3) is 0.462. The number of anilines is 1. The summed E-state index contributed by atoms with van der Waals surface area (Å²) in [6.07, 6.45) is 3.67. The maximum Gasteiger partial charge on any atom is 0.226 e. The van der Waals surface area contributed by atoms with Gasteiger partial charge in [-0.2, -0.15) is 0 Å². The number of amides is 1. The minimum atomic E-state index is 0.116. The van der Waals surface area contributed by atoms with Gasteiger partial charge in [0.2, 0.25) is 5.91 Å². The Kier molecular flexibility index (Phi) is 6.05. The highest BCUT2D eigenvalue weighted by Gasteiger charge is 2.09. The summed E-state index contributed by atoms with van der Waals surface area (Å²) in [5.41, 5.74) is 0.813. The Morgan fingerprint density at radius 1 is 1.24 bits per heavy atom. The number of benzene rings is 1. The number of carbonyl (C=O) groups excluding carboxylic acids is 1. The van der Waals surface area contributed by atoms with Gasteiger partial charge in [0.05, 0.1) is 0 Å². The van der Waals surface area contributed by atoms with Crippen molar-refractivity contribution < 1.29 is 9.90 Å². The zero-order valence-electron chi connectivity index (χ0n) is 10.0. The van der Waals surface area contributed by atoms with Gasteiger partial charge in [-0.25, -0.2) is 0 Å². The van der Waals surface area contributed by atoms with Gasteiger partial charge in [-0.1, -0.05) is 22.4 Å². The van der Waals surface area contributed by atoms with E-state index in [9.17, 15) is 4.79 Å². The minimum absolute atomic E-state index is 0.116. The summed E-state index contributed by atoms with van der Waals surface area (Å²) in [6, 6.07) is 6.66. The second-order valence-electron chi connectivity index (χ2n) is 3.97. The molecule has 0 aromatic heterocycles. The molecular weight excluding hydrogens is 282 g/mol. The number of hydrogen-bond donors (Lipinski definition) is 1. The molecule has 0 atom stereocenters. The number of halogens is 1. The molecule has 1 aromatic carbocycles. The van der Waals surface area contributed by atoms with E-state index in [1.807, 2.05) is 0 Å². The first-order valence-corrected chi connectivity index (χ1v) is 6.89. The first-order chi connectivity index (χ1) is 8.15. The lowest BCUT2D eigenvalue weighted by Crippen LogP contribution is -2.25. The van der Waals surface area contributed by atoms with E-state index in [0.717, 1.165) is 30.3 Å². The molecule has 0 aliphatic heterocycles. The van der Waals surface area contributed by atoms with E-state index in [1.54, 1.807) is 36.2 Å². The highest BCUT2D eigenvalue weighted by atomic mass is 79.9. The molecule has 1 rings (SSSR count). The lowest BCUT2D eigenvalue weighted by atomic mass is 10.2. The fourth-order valence-corrected chi connectivity index (χ4v) is 1.93. The van der Waals surface area contributed by atoms with Crippen LogP contribution in [-0.2, 0) is 4.79 Å². The Morgan fingerprint density at radius 3 is 2.47 bits per heavy atom. The summed E-state index contributed by atoms with van der Waals surface area (Å²) in [5, 5.41) is 10.2. The van der Waals surface area contributed by atoms with Crippen LogP contribution in [0.1, 0.15) is 25.7 Å². The van der Waals surface area contributed by atoms with Gasteiger partial charge in [0.1, 0.15) is 5.75 Å². The molecule has 0 heterocycles. The molecule has 1 amide bonds. The molecule has 1 N–H and O–H groups in total. The largest absolute Gasteiger partial charge is 0.508 e. The molecule has 0 saturated carbocycles. The van der Waals surface area contributed by atoms with E-state index >= 15 is 0 Å². The maximum absolute atomic E-state index is 11.8. The molecule has 1 aromatic rings. The second-order valence-corrected chi connectivity index (χ2v) is 4.76. The molecule has 0 aliphatic rings. The number of alkyl halides is 1. The smallest absolute Gasteiger partial charge is 0.226 e. The Hall–Kier alpha value is -1.03. The topological polar surface area (TPSA) is 40.5 Å². The van der Waals surface area contributed by atoms with Gasteiger partial charge in [-0.05, 0) is 37.1 Å². The van der Waals surface area contributed by atoms with Crippen molar-refractivity contribution in [2.24, 2.45) is 0 Å². The van der Waals surface area contributed by atoms with Crippen molar-refractivity contribution in [1.29, 1.82) is 0 Å². The Balaban J connectivity index is 2.43. The van der Waals surface area contributed by atoms with Crippen molar-refractivity contribution in [2.75, 3.05) is 17.3 Å². The van der Waals surface area contributed by atoms with E-state index in [2.05, 4.69) is 15.9 Å². The normalized spacial score (nSPS) is 10.2. The van der Waals surface area contributed by atoms with Crippen LogP contribution in [0.4, 0.5) is 5.69 Å². The second kappa shape index (κ2) is 7.33. The highest BCUT2D eigenvalue weighted by molar-refractivity contribution is 9.09. The number of carbonyl (C=O) groups is 1. The third kappa shape index (κ3) is 4.77. The predicted octanol–water partition coefficient (Wildman–Crippen LogP) is 3.31. The Labute approximate surface area is 111 Å². The highest BCUT2D eigenvalue weighted by Crippen LogP contribution is 2.18. The molecule has 0 unspecified atom stereocenters. The first-order valence-electron chi connectivity index (χ1n) is 5.76. The lowest BCUT2D eigenvalue weighted by Gasteiger charge is -2.17. The van der Waals surface area contributed by atoms with Gasteiger partial charge in [0.15, 0.2) is 0 Å². The van der Waals surface area contributed by atoms with Crippen LogP contribution in [0, 0.1) is 0 Å². The summed E-state index contributed by atoms with van der Waals surface area (Å²) in [4.78, 5) is 13.5. The molecule has 3 nitrogen and oxygen atoms in total. The van der Waals surface area contributed by atoms with Crippen LogP contribution in [0.3, 0.4) is 0 Å². The lowest BCUT2D eigenvalue weighted by molar-refractivity contribution is -0.118. The van der Waals surface area contributed by atoms with Crippen LogP contribution in [0.25, 0.3) is 0 Å². The number of unbranched alkanes of at least 4 members (excludes halogenated alkanes) is 2. The molecular formula is C13H18BrNO2. The van der Waals surface area contributed by atoms with Crippen LogP contribution in [-0.4, -0.2) is 23.4 Å². The fourth-order valence-electron chi connectivity index (χ4n) is 1.54. The molecule has 0 spiro atoms. The number of phenolic OH excluding ortho intramolecular Hbond substituents is 1. The number of rotatable bonds is 6. The summed E-state index contributed by atoms with van der Waals surface area (Å²) in [6.45, 7) is 0. The van der Waals surface area contributed by atoms with E-state index < -0.39 is 0 Å². The van der Waals surface area contributed by atoms with Crippen LogP contribution in [0.5, 0.6) is 5.75 Å². The van der Waals surface area contributed by atoms with E-state index in [0.29, 0.717) is 6.42 Å². The third-order valence-corrected chi connectivity index (χ3v) is 3.20. The van der Waals surface area contributed by atoms with Crippen LogP contribution in [0.15, 0.2) is 24.3 Å². The van der Waals surface area contributed by atoms with Gasteiger partial charge in [-0.3, -0.25) is 4.79 Å². The van der Waals surface area contributed by atoms with Gasteiger partial charge >= 0.3 is 0 Å². The van der Waals surface area contributed by atoms with Gasteiger partial charge in [0.25, 0.3) is 0 Å². The molecule has 0 radical (unpaired) electrons. The van der Waals surface area contributed by atoms with E-state index in [4.69, 9.17) is 5.11 Å². The standard InChI is InChI=1S/C13H18BrNO2/c1-15(11-6-8-12(16)9-7-11)13(17)5-3-2-4-10-14/h6-9,16H,2-5,10H2,1H3. The molecule has 0 aliphatic carbocycles. The predicted molar refractivity (Wildman–Crippen MR) is 73.8 cm³/mol. The molecule has 4 heteroatoms. The minimum Gasteiger partial charge on any atom is -0.508 e. The number of nitrogens with zero attached hydrogens (tertiary/aromatic N) is 1. The summed E-state index contributed by atoms with van der Waals surface area (Å²) in [7, 11) is 1.76.